The normalized spacial score (nSPS) is 17.2. The first-order chi connectivity index (χ1) is 15.3. The van der Waals surface area contributed by atoms with Gasteiger partial charge in [-0.2, -0.15) is 9.40 Å². The third kappa shape index (κ3) is 4.76. The number of aromatic nitrogens is 2. The molecule has 1 aromatic heterocycles. The molecule has 0 radical (unpaired) electrons. The number of carbonyl (C=O) groups is 1. The van der Waals surface area contributed by atoms with Crippen LogP contribution in [0.3, 0.4) is 0 Å². The van der Waals surface area contributed by atoms with Crippen molar-refractivity contribution in [1.82, 2.24) is 14.1 Å². The van der Waals surface area contributed by atoms with Crippen molar-refractivity contribution < 1.29 is 13.2 Å². The Labute approximate surface area is 189 Å². The first-order valence-electron chi connectivity index (χ1n) is 10.9. The minimum Gasteiger partial charge on any atom is -0.307 e. The monoisotopic (exact) mass is 452 g/mol. The third-order valence-electron chi connectivity index (χ3n) is 5.82. The number of hydrogen-bond acceptors (Lipinski definition) is 4. The fourth-order valence-electron chi connectivity index (χ4n) is 4.10. The van der Waals surface area contributed by atoms with Gasteiger partial charge in [0.15, 0.2) is 0 Å². The Balaban J connectivity index is 1.52. The summed E-state index contributed by atoms with van der Waals surface area (Å²) < 4.78 is 29.6. The number of nitrogens with one attached hydrogen (secondary N) is 1. The minimum atomic E-state index is -3.65. The third-order valence-corrected chi connectivity index (χ3v) is 7.83. The predicted octanol–water partition coefficient (Wildman–Crippen LogP) is 4.06. The van der Waals surface area contributed by atoms with E-state index in [1.54, 1.807) is 39.4 Å². The molecule has 0 aliphatic carbocycles. The van der Waals surface area contributed by atoms with Crippen molar-refractivity contribution in [3.63, 3.8) is 0 Å². The van der Waals surface area contributed by atoms with E-state index in [4.69, 9.17) is 0 Å². The molecule has 1 aliphatic rings. The summed E-state index contributed by atoms with van der Waals surface area (Å²) in [7, 11) is -3.65. The van der Waals surface area contributed by atoms with Crippen LogP contribution in [-0.4, -0.2) is 41.0 Å². The van der Waals surface area contributed by atoms with Crippen LogP contribution in [0, 0.1) is 6.92 Å². The van der Waals surface area contributed by atoms with E-state index in [9.17, 15) is 13.2 Å². The smallest absolute Gasteiger partial charge is 0.256 e. The maximum atomic E-state index is 13.2. The first kappa shape index (κ1) is 22.2. The van der Waals surface area contributed by atoms with Gasteiger partial charge < -0.3 is 5.32 Å². The topological polar surface area (TPSA) is 84.3 Å². The Morgan fingerprint density at radius 3 is 2.72 bits per heavy atom. The Kier molecular flexibility index (Phi) is 6.43. The van der Waals surface area contributed by atoms with Crippen LogP contribution in [-0.2, 0) is 16.6 Å². The second-order valence-corrected chi connectivity index (χ2v) is 10.2. The molecule has 1 atom stereocenters. The molecule has 168 valence electrons. The Hall–Kier alpha value is -2.97. The van der Waals surface area contributed by atoms with E-state index in [-0.39, 0.29) is 16.8 Å². The molecule has 2 aromatic carbocycles. The fourth-order valence-corrected chi connectivity index (χ4v) is 5.84. The number of carbonyl (C=O) groups excluding carboxylic acids is 1. The van der Waals surface area contributed by atoms with Gasteiger partial charge in [-0.25, -0.2) is 13.1 Å². The Morgan fingerprint density at radius 2 is 1.94 bits per heavy atom. The van der Waals surface area contributed by atoms with Gasteiger partial charge >= 0.3 is 0 Å². The fraction of sp³-hybridized carbons (Fsp3) is 0.333. The summed E-state index contributed by atoms with van der Waals surface area (Å²) in [5.41, 5.74) is 2.52. The molecule has 0 spiro atoms. The van der Waals surface area contributed by atoms with Gasteiger partial charge in [0, 0.05) is 24.2 Å². The Bertz CT molecular complexity index is 1220. The number of benzene rings is 2. The van der Waals surface area contributed by atoms with Crippen molar-refractivity contribution >= 4 is 21.7 Å². The lowest BCUT2D eigenvalue weighted by Gasteiger charge is -2.32. The molecular formula is C24H28N4O3S. The van der Waals surface area contributed by atoms with E-state index in [1.807, 2.05) is 32.0 Å². The van der Waals surface area contributed by atoms with Gasteiger partial charge in [-0.3, -0.25) is 4.79 Å². The van der Waals surface area contributed by atoms with E-state index < -0.39 is 10.0 Å². The van der Waals surface area contributed by atoms with Gasteiger partial charge in [0.05, 0.1) is 17.6 Å². The summed E-state index contributed by atoms with van der Waals surface area (Å²) in [6.07, 6.45) is 4.37. The van der Waals surface area contributed by atoms with Crippen LogP contribution >= 0.6 is 0 Å². The lowest BCUT2D eigenvalue weighted by molar-refractivity contribution is 0.102. The van der Waals surface area contributed by atoms with Gasteiger partial charge in [0.1, 0.15) is 5.82 Å². The second-order valence-electron chi connectivity index (χ2n) is 8.31. The van der Waals surface area contributed by atoms with Crippen LogP contribution in [0.5, 0.6) is 0 Å². The van der Waals surface area contributed by atoms with Gasteiger partial charge in [-0.05, 0) is 50.5 Å². The molecule has 3 aromatic rings. The number of hydrogen-bond donors (Lipinski definition) is 1. The van der Waals surface area contributed by atoms with Crippen molar-refractivity contribution in [2.45, 2.75) is 50.6 Å². The zero-order valence-corrected chi connectivity index (χ0v) is 19.2. The molecule has 1 aliphatic heterocycles. The molecule has 32 heavy (non-hydrogen) atoms. The molecule has 7 nitrogen and oxygen atoms in total. The lowest BCUT2D eigenvalue weighted by Crippen LogP contribution is -2.41. The number of anilines is 1. The Morgan fingerprint density at radius 1 is 1.12 bits per heavy atom. The maximum absolute atomic E-state index is 13.2. The number of amides is 1. The summed E-state index contributed by atoms with van der Waals surface area (Å²) in [6, 6.07) is 16.0. The highest BCUT2D eigenvalue weighted by Crippen LogP contribution is 2.26. The first-order valence-corrected chi connectivity index (χ1v) is 12.3. The zero-order valence-electron chi connectivity index (χ0n) is 18.4. The van der Waals surface area contributed by atoms with Crippen molar-refractivity contribution in [3.8, 4) is 0 Å². The van der Waals surface area contributed by atoms with Crippen LogP contribution in [0.4, 0.5) is 5.82 Å². The number of sulfonamides is 1. The molecule has 1 N–H and O–H groups in total. The van der Waals surface area contributed by atoms with Crippen LogP contribution in [0.2, 0.25) is 0 Å². The van der Waals surface area contributed by atoms with E-state index in [1.165, 1.54) is 6.07 Å². The molecule has 4 rings (SSSR count). The lowest BCUT2D eigenvalue weighted by atomic mass is 10.1. The van der Waals surface area contributed by atoms with E-state index in [0.29, 0.717) is 24.5 Å². The van der Waals surface area contributed by atoms with E-state index in [0.717, 1.165) is 30.4 Å². The van der Waals surface area contributed by atoms with Gasteiger partial charge in [0.2, 0.25) is 10.0 Å². The molecule has 2 heterocycles. The molecule has 0 saturated carbocycles. The van der Waals surface area contributed by atoms with Crippen molar-refractivity contribution in [2.24, 2.45) is 0 Å². The zero-order chi connectivity index (χ0) is 22.7. The molecule has 8 heteroatoms. The number of aryl methyl sites for hydroxylation is 1. The molecule has 1 unspecified atom stereocenters. The highest BCUT2D eigenvalue weighted by atomic mass is 32.2. The number of nitrogens with zero attached hydrogens (tertiary/aromatic N) is 3. The SMILES string of the molecule is Cc1cccc(Cn2nccc2NC(=O)c2cccc(S(=O)(=O)N3CCCCC3C)c2)c1. The van der Waals surface area contributed by atoms with Gasteiger partial charge in [0.25, 0.3) is 5.91 Å². The minimum absolute atomic E-state index is 0.0396. The highest BCUT2D eigenvalue weighted by Gasteiger charge is 2.31. The average Bonchev–Trinajstić information content (AvgIpc) is 3.20. The van der Waals surface area contributed by atoms with Crippen LogP contribution < -0.4 is 5.32 Å². The predicted molar refractivity (Wildman–Crippen MR) is 124 cm³/mol. The summed E-state index contributed by atoms with van der Waals surface area (Å²) in [5.74, 6) is 0.175. The van der Waals surface area contributed by atoms with Gasteiger partial charge in [-0.1, -0.05) is 42.3 Å². The molecule has 1 fully saturated rings. The van der Waals surface area contributed by atoms with Crippen molar-refractivity contribution in [2.75, 3.05) is 11.9 Å². The summed E-state index contributed by atoms with van der Waals surface area (Å²) in [5, 5.41) is 7.18. The summed E-state index contributed by atoms with van der Waals surface area (Å²) in [4.78, 5) is 13.1. The van der Waals surface area contributed by atoms with Gasteiger partial charge in [-0.15, -0.1) is 0 Å². The van der Waals surface area contributed by atoms with E-state index >= 15 is 0 Å². The average molecular weight is 453 g/mol. The second kappa shape index (κ2) is 9.26. The number of rotatable bonds is 6. The highest BCUT2D eigenvalue weighted by molar-refractivity contribution is 7.89. The summed E-state index contributed by atoms with van der Waals surface area (Å²) >= 11 is 0. The standard InChI is InChI=1S/C24H28N4O3S/c1-18-7-5-9-20(15-18)17-27-23(12-13-25-27)26-24(29)21-10-6-11-22(16-21)32(30,31)28-14-4-3-8-19(28)2/h5-7,9-13,15-16,19H,3-4,8,14,17H2,1-2H3,(H,26,29). The molecule has 1 saturated heterocycles. The largest absolute Gasteiger partial charge is 0.307 e. The quantitative estimate of drug-likeness (QED) is 0.611. The van der Waals surface area contributed by atoms with Crippen molar-refractivity contribution in [1.29, 1.82) is 0 Å². The molecule has 0 bridgehead atoms. The van der Waals surface area contributed by atoms with Crippen LogP contribution in [0.15, 0.2) is 65.7 Å². The van der Waals surface area contributed by atoms with Crippen LogP contribution in [0.1, 0.15) is 47.7 Å². The molecule has 1 amide bonds. The number of piperidine rings is 1. The summed E-state index contributed by atoms with van der Waals surface area (Å²) in [6.45, 7) is 4.99. The van der Waals surface area contributed by atoms with E-state index in [2.05, 4.69) is 16.5 Å². The maximum Gasteiger partial charge on any atom is 0.256 e. The van der Waals surface area contributed by atoms with Crippen molar-refractivity contribution in [3.05, 3.63) is 77.5 Å². The molecular weight excluding hydrogens is 424 g/mol. The van der Waals surface area contributed by atoms with Crippen LogP contribution in [0.25, 0.3) is 0 Å².